The van der Waals surface area contributed by atoms with Crippen LogP contribution in [0.25, 0.3) is 0 Å². The number of rotatable bonds is 2. The molecule has 0 spiro atoms. The lowest BCUT2D eigenvalue weighted by molar-refractivity contribution is -0.126. The molecule has 0 aromatic heterocycles. The van der Waals surface area contributed by atoms with E-state index in [9.17, 15) is 9.59 Å². The van der Waals surface area contributed by atoms with Gasteiger partial charge < -0.3 is 10.2 Å². The van der Waals surface area contributed by atoms with Gasteiger partial charge in [-0.15, -0.1) is 0 Å². The number of nitrogens with one attached hydrogen (secondary N) is 1. The molecule has 0 bridgehead atoms. The van der Waals surface area contributed by atoms with Crippen molar-refractivity contribution in [2.75, 3.05) is 11.4 Å². The van der Waals surface area contributed by atoms with Crippen LogP contribution in [-0.2, 0) is 9.59 Å². The molecular formula is C15H17ClN2O2. The first-order valence-electron chi connectivity index (χ1n) is 6.93. The van der Waals surface area contributed by atoms with Crippen LogP contribution in [-0.4, -0.2) is 24.4 Å². The molecule has 1 saturated heterocycles. The maximum Gasteiger partial charge on any atom is 0.249 e. The molecule has 1 N–H and O–H groups in total. The molecule has 1 atom stereocenters. The molecule has 2 aliphatic rings. The second kappa shape index (κ2) is 5.09. The summed E-state index contributed by atoms with van der Waals surface area (Å²) in [5, 5.41) is 3.49. The highest BCUT2D eigenvalue weighted by Crippen LogP contribution is 2.35. The van der Waals surface area contributed by atoms with Gasteiger partial charge >= 0.3 is 0 Å². The summed E-state index contributed by atoms with van der Waals surface area (Å²) in [5.41, 5.74) is 1.75. The average Bonchev–Trinajstić information content (AvgIpc) is 3.23. The summed E-state index contributed by atoms with van der Waals surface area (Å²) < 4.78 is 0. The van der Waals surface area contributed by atoms with Gasteiger partial charge in [0.1, 0.15) is 6.04 Å². The Bertz CT molecular complexity index is 569. The fourth-order valence-electron chi connectivity index (χ4n) is 2.55. The van der Waals surface area contributed by atoms with E-state index in [2.05, 4.69) is 5.32 Å². The molecule has 1 aromatic carbocycles. The van der Waals surface area contributed by atoms with Crippen molar-refractivity contribution in [3.8, 4) is 0 Å². The van der Waals surface area contributed by atoms with E-state index in [1.165, 1.54) is 0 Å². The van der Waals surface area contributed by atoms with Gasteiger partial charge in [-0.3, -0.25) is 9.59 Å². The van der Waals surface area contributed by atoms with Crippen molar-refractivity contribution in [3.63, 3.8) is 0 Å². The molecular weight excluding hydrogens is 276 g/mol. The quantitative estimate of drug-likeness (QED) is 0.909. The van der Waals surface area contributed by atoms with Crippen molar-refractivity contribution in [3.05, 3.63) is 28.8 Å². The number of aryl methyl sites for hydroxylation is 1. The fourth-order valence-corrected chi connectivity index (χ4v) is 2.73. The van der Waals surface area contributed by atoms with Crippen molar-refractivity contribution in [1.82, 2.24) is 5.32 Å². The molecule has 1 unspecified atom stereocenters. The predicted octanol–water partition coefficient (Wildman–Crippen LogP) is 2.28. The third kappa shape index (κ3) is 2.52. The van der Waals surface area contributed by atoms with Gasteiger partial charge in [-0.2, -0.15) is 0 Å². The van der Waals surface area contributed by atoms with Crippen molar-refractivity contribution in [1.29, 1.82) is 0 Å². The normalized spacial score (nSPS) is 23.5. The van der Waals surface area contributed by atoms with Gasteiger partial charge in [0.25, 0.3) is 0 Å². The SMILES string of the molecule is Cc1ccc(N2CCC(=O)NC(C3CC3)C2=O)cc1Cl. The molecule has 1 aliphatic carbocycles. The Morgan fingerprint density at radius 2 is 2.05 bits per heavy atom. The largest absolute Gasteiger partial charge is 0.344 e. The minimum absolute atomic E-state index is 0.0155. The maximum atomic E-state index is 12.6. The molecule has 0 radical (unpaired) electrons. The van der Waals surface area contributed by atoms with Crippen LogP contribution >= 0.6 is 11.6 Å². The maximum absolute atomic E-state index is 12.6. The van der Waals surface area contributed by atoms with E-state index >= 15 is 0 Å². The first kappa shape index (κ1) is 13.4. The lowest BCUT2D eigenvalue weighted by Gasteiger charge is -2.24. The van der Waals surface area contributed by atoms with Crippen LogP contribution in [0.4, 0.5) is 5.69 Å². The Morgan fingerprint density at radius 1 is 1.30 bits per heavy atom. The van der Waals surface area contributed by atoms with Gasteiger partial charge in [0.2, 0.25) is 11.8 Å². The first-order chi connectivity index (χ1) is 9.56. The van der Waals surface area contributed by atoms with Crippen molar-refractivity contribution in [2.24, 2.45) is 5.92 Å². The Hall–Kier alpha value is -1.55. The summed E-state index contributed by atoms with van der Waals surface area (Å²) in [6, 6.07) is 5.22. The monoisotopic (exact) mass is 292 g/mol. The molecule has 4 nitrogen and oxygen atoms in total. The van der Waals surface area contributed by atoms with Crippen LogP contribution in [0, 0.1) is 12.8 Å². The number of halogens is 1. The van der Waals surface area contributed by atoms with Crippen LogP contribution < -0.4 is 10.2 Å². The molecule has 1 aromatic rings. The Morgan fingerprint density at radius 3 is 2.70 bits per heavy atom. The van der Waals surface area contributed by atoms with E-state index in [1.807, 2.05) is 19.1 Å². The lowest BCUT2D eigenvalue weighted by Crippen LogP contribution is -2.46. The number of carbonyl (C=O) groups is 2. The Labute approximate surface area is 123 Å². The second-order valence-corrected chi connectivity index (χ2v) is 5.96. The zero-order chi connectivity index (χ0) is 14.3. The molecule has 3 rings (SSSR count). The van der Waals surface area contributed by atoms with Gasteiger partial charge in [0.05, 0.1) is 0 Å². The first-order valence-corrected chi connectivity index (χ1v) is 7.31. The standard InChI is InChI=1S/C15H17ClN2O2/c1-9-2-5-11(8-12(9)16)18-7-6-13(19)17-14(15(18)20)10-3-4-10/h2,5,8,10,14H,3-4,6-7H2,1H3,(H,17,19). The third-order valence-electron chi connectivity index (χ3n) is 3.97. The fraction of sp³-hybridized carbons (Fsp3) is 0.467. The summed E-state index contributed by atoms with van der Waals surface area (Å²) >= 11 is 6.14. The highest BCUT2D eigenvalue weighted by Gasteiger charge is 2.41. The minimum atomic E-state index is -0.370. The van der Waals surface area contributed by atoms with Crippen LogP contribution in [0.2, 0.25) is 5.02 Å². The number of nitrogens with zero attached hydrogens (tertiary/aromatic N) is 1. The van der Waals surface area contributed by atoms with E-state index in [4.69, 9.17) is 11.6 Å². The number of carbonyl (C=O) groups excluding carboxylic acids is 2. The smallest absolute Gasteiger partial charge is 0.249 e. The van der Waals surface area contributed by atoms with Crippen molar-refractivity contribution >= 4 is 29.1 Å². The van der Waals surface area contributed by atoms with E-state index in [-0.39, 0.29) is 17.9 Å². The van der Waals surface area contributed by atoms with Gasteiger partial charge in [-0.05, 0) is 43.4 Å². The van der Waals surface area contributed by atoms with Gasteiger partial charge in [-0.25, -0.2) is 0 Å². The number of anilines is 1. The molecule has 106 valence electrons. The number of hydrogen-bond donors (Lipinski definition) is 1. The summed E-state index contributed by atoms with van der Waals surface area (Å²) in [6.45, 7) is 2.34. The van der Waals surface area contributed by atoms with Crippen LogP contribution in [0.5, 0.6) is 0 Å². The topological polar surface area (TPSA) is 49.4 Å². The molecule has 20 heavy (non-hydrogen) atoms. The Kier molecular flexibility index (Phi) is 3.42. The molecule has 1 heterocycles. The second-order valence-electron chi connectivity index (χ2n) is 5.56. The van der Waals surface area contributed by atoms with Crippen LogP contribution in [0.3, 0.4) is 0 Å². The summed E-state index contributed by atoms with van der Waals surface area (Å²) in [4.78, 5) is 26.1. The summed E-state index contributed by atoms with van der Waals surface area (Å²) in [7, 11) is 0. The number of benzene rings is 1. The summed E-state index contributed by atoms with van der Waals surface area (Å²) in [5.74, 6) is 0.238. The minimum Gasteiger partial charge on any atom is -0.344 e. The van der Waals surface area contributed by atoms with E-state index < -0.39 is 0 Å². The lowest BCUT2D eigenvalue weighted by atomic mass is 10.1. The van der Waals surface area contributed by atoms with E-state index in [0.29, 0.717) is 23.9 Å². The van der Waals surface area contributed by atoms with E-state index in [1.54, 1.807) is 11.0 Å². The Balaban J connectivity index is 1.91. The van der Waals surface area contributed by atoms with Gasteiger partial charge in [-0.1, -0.05) is 17.7 Å². The molecule has 2 amide bonds. The van der Waals surface area contributed by atoms with Crippen LogP contribution in [0.1, 0.15) is 24.8 Å². The average molecular weight is 293 g/mol. The van der Waals surface area contributed by atoms with Gasteiger partial charge in [0, 0.05) is 23.7 Å². The molecule has 1 saturated carbocycles. The van der Waals surface area contributed by atoms with Crippen LogP contribution in [0.15, 0.2) is 18.2 Å². The number of amides is 2. The third-order valence-corrected chi connectivity index (χ3v) is 4.38. The van der Waals surface area contributed by atoms with E-state index in [0.717, 1.165) is 24.1 Å². The summed E-state index contributed by atoms with van der Waals surface area (Å²) in [6.07, 6.45) is 2.36. The molecule has 5 heteroatoms. The van der Waals surface area contributed by atoms with Crippen molar-refractivity contribution in [2.45, 2.75) is 32.2 Å². The molecule has 2 fully saturated rings. The zero-order valence-corrected chi connectivity index (χ0v) is 12.1. The highest BCUT2D eigenvalue weighted by molar-refractivity contribution is 6.31. The molecule has 1 aliphatic heterocycles. The number of hydrogen-bond acceptors (Lipinski definition) is 2. The highest BCUT2D eigenvalue weighted by atomic mass is 35.5. The predicted molar refractivity (Wildman–Crippen MR) is 77.8 cm³/mol. The van der Waals surface area contributed by atoms with Gasteiger partial charge in [0.15, 0.2) is 0 Å². The van der Waals surface area contributed by atoms with Crippen molar-refractivity contribution < 1.29 is 9.59 Å². The zero-order valence-electron chi connectivity index (χ0n) is 11.4.